The van der Waals surface area contributed by atoms with Crippen LogP contribution >= 0.6 is 24.0 Å². The van der Waals surface area contributed by atoms with Crippen molar-refractivity contribution in [2.45, 2.75) is 12.8 Å². The molecule has 1 aliphatic rings. The monoisotopic (exact) mass is 322 g/mol. The van der Waals surface area contributed by atoms with E-state index in [0.29, 0.717) is 21.2 Å². The van der Waals surface area contributed by atoms with E-state index in [4.69, 9.17) is 12.2 Å². The number of nitrogens with zero attached hydrogens (tertiary/aromatic N) is 1. The third kappa shape index (κ3) is 4.05. The summed E-state index contributed by atoms with van der Waals surface area (Å²) in [7, 11) is 0. The molecule has 0 unspecified atom stereocenters. The van der Waals surface area contributed by atoms with Gasteiger partial charge in [-0.05, 0) is 36.6 Å². The number of carbonyl (C=O) groups excluding carboxylic acids is 2. The van der Waals surface area contributed by atoms with Crippen LogP contribution in [0.1, 0.15) is 18.4 Å². The molecule has 5 nitrogen and oxygen atoms in total. The van der Waals surface area contributed by atoms with Crippen molar-refractivity contribution in [1.29, 1.82) is 0 Å². The van der Waals surface area contributed by atoms with E-state index >= 15 is 0 Å². The fourth-order valence-electron chi connectivity index (χ4n) is 1.84. The first kappa shape index (κ1) is 15.5. The highest BCUT2D eigenvalue weighted by atomic mass is 32.2. The van der Waals surface area contributed by atoms with Crippen molar-refractivity contribution in [3.63, 3.8) is 0 Å². The van der Waals surface area contributed by atoms with Gasteiger partial charge in [0.15, 0.2) is 0 Å². The molecule has 0 aromatic heterocycles. The molecule has 0 saturated carbocycles. The van der Waals surface area contributed by atoms with E-state index in [9.17, 15) is 19.8 Å². The van der Waals surface area contributed by atoms with Crippen LogP contribution in [0.5, 0.6) is 5.75 Å². The lowest BCUT2D eigenvalue weighted by Gasteiger charge is -2.14. The number of hydrogen-bond acceptors (Lipinski definition) is 6. The topological polar surface area (TPSA) is 80.7 Å². The first-order valence-electron chi connectivity index (χ1n) is 6.21. The number of thioether (sulfide) groups is 1. The third-order valence-electron chi connectivity index (χ3n) is 2.80. The zero-order valence-corrected chi connectivity index (χ0v) is 12.6. The summed E-state index contributed by atoms with van der Waals surface area (Å²) in [5.41, 5.74) is 0.699. The van der Waals surface area contributed by atoms with Crippen LogP contribution in [0.2, 0.25) is 0 Å². The molecule has 0 aliphatic carbocycles. The van der Waals surface area contributed by atoms with Gasteiger partial charge in [-0.3, -0.25) is 9.69 Å². The molecule has 0 atom stereocenters. The van der Waals surface area contributed by atoms with Gasteiger partial charge in [-0.25, -0.2) is 0 Å². The maximum absolute atomic E-state index is 12.2. The number of thiocarbonyl (C=S) groups is 1. The molecule has 1 amide bonds. The number of hydrogen-bond donors (Lipinski definition) is 1. The zero-order chi connectivity index (χ0) is 15.4. The molecule has 7 heteroatoms. The Labute approximate surface area is 131 Å². The molecule has 0 spiro atoms. The van der Waals surface area contributed by atoms with Gasteiger partial charge in [-0.2, -0.15) is 0 Å². The van der Waals surface area contributed by atoms with Gasteiger partial charge in [0.25, 0.3) is 5.91 Å². The van der Waals surface area contributed by atoms with E-state index in [2.05, 4.69) is 0 Å². The number of phenols is 1. The Morgan fingerprint density at radius 3 is 2.90 bits per heavy atom. The quantitative estimate of drug-likeness (QED) is 0.646. The van der Waals surface area contributed by atoms with E-state index in [-0.39, 0.29) is 24.6 Å². The minimum absolute atomic E-state index is 0.108. The Bertz CT molecular complexity index is 627. The summed E-state index contributed by atoms with van der Waals surface area (Å²) in [6, 6.07) is 6.54. The highest BCUT2D eigenvalue weighted by molar-refractivity contribution is 8.26. The number of benzene rings is 1. The van der Waals surface area contributed by atoms with Crippen molar-refractivity contribution in [2.75, 3.05) is 6.54 Å². The van der Waals surface area contributed by atoms with Gasteiger partial charge in [-0.15, -0.1) is 0 Å². The normalized spacial score (nSPS) is 16.8. The van der Waals surface area contributed by atoms with Gasteiger partial charge in [-0.1, -0.05) is 36.1 Å². The highest BCUT2D eigenvalue weighted by Gasteiger charge is 2.31. The van der Waals surface area contributed by atoms with Gasteiger partial charge in [0.1, 0.15) is 10.1 Å². The second kappa shape index (κ2) is 6.73. The van der Waals surface area contributed by atoms with Crippen LogP contribution in [-0.4, -0.2) is 32.7 Å². The van der Waals surface area contributed by atoms with Crippen LogP contribution in [0.3, 0.4) is 0 Å². The smallest absolute Gasteiger partial charge is 0.266 e. The Hall–Kier alpha value is -1.86. The van der Waals surface area contributed by atoms with E-state index in [1.807, 2.05) is 0 Å². The first-order chi connectivity index (χ1) is 9.97. The maximum Gasteiger partial charge on any atom is 0.266 e. The Morgan fingerprint density at radius 1 is 1.48 bits per heavy atom. The number of aromatic hydroxyl groups is 1. The predicted octanol–water partition coefficient (Wildman–Crippen LogP) is 1.12. The van der Waals surface area contributed by atoms with Crippen LogP contribution in [-0.2, 0) is 9.59 Å². The molecule has 110 valence electrons. The molecule has 21 heavy (non-hydrogen) atoms. The molecule has 1 aliphatic heterocycles. The van der Waals surface area contributed by atoms with E-state index < -0.39 is 5.97 Å². The van der Waals surface area contributed by atoms with Gasteiger partial charge in [0.05, 0.1) is 4.91 Å². The fourth-order valence-corrected chi connectivity index (χ4v) is 3.15. The van der Waals surface area contributed by atoms with Crippen molar-refractivity contribution < 1.29 is 19.8 Å². The lowest BCUT2D eigenvalue weighted by Crippen LogP contribution is -2.30. The Kier molecular flexibility index (Phi) is 4.98. The number of rotatable bonds is 5. The SMILES string of the molecule is O=C([O-])CCCN1C(=O)/C(=C\c2cccc(O)c2)SC1=S. The van der Waals surface area contributed by atoms with Crippen molar-refractivity contribution in [2.24, 2.45) is 0 Å². The van der Waals surface area contributed by atoms with Crippen LogP contribution < -0.4 is 5.11 Å². The summed E-state index contributed by atoms with van der Waals surface area (Å²) in [4.78, 5) is 24.4. The molecule has 1 aromatic rings. The number of carbonyl (C=O) groups is 2. The number of carboxylic acid groups (broad SMARTS) is 1. The second-order valence-corrected chi connectivity index (χ2v) is 6.08. The largest absolute Gasteiger partial charge is 0.550 e. The average molecular weight is 322 g/mol. The highest BCUT2D eigenvalue weighted by Crippen LogP contribution is 2.33. The first-order valence-corrected chi connectivity index (χ1v) is 7.44. The maximum atomic E-state index is 12.2. The number of amides is 1. The third-order valence-corrected chi connectivity index (χ3v) is 4.18. The fraction of sp³-hybridized carbons (Fsp3) is 0.214. The molecule has 1 fully saturated rings. The summed E-state index contributed by atoms with van der Waals surface area (Å²) in [5, 5.41) is 19.8. The lowest BCUT2D eigenvalue weighted by atomic mass is 10.2. The number of carboxylic acids is 1. The molecule has 1 aromatic carbocycles. The summed E-state index contributed by atoms with van der Waals surface area (Å²) < 4.78 is 0.407. The number of aliphatic carboxylic acids is 1. The second-order valence-electron chi connectivity index (χ2n) is 4.40. The van der Waals surface area contributed by atoms with Crippen LogP contribution in [0.15, 0.2) is 29.2 Å². The summed E-state index contributed by atoms with van der Waals surface area (Å²) in [6.45, 7) is 0.260. The summed E-state index contributed by atoms with van der Waals surface area (Å²) in [5.74, 6) is -1.27. The lowest BCUT2D eigenvalue weighted by molar-refractivity contribution is -0.305. The Morgan fingerprint density at radius 2 is 2.24 bits per heavy atom. The summed E-state index contributed by atoms with van der Waals surface area (Å²) >= 11 is 6.30. The predicted molar refractivity (Wildman–Crippen MR) is 82.2 cm³/mol. The van der Waals surface area contributed by atoms with Gasteiger partial charge in [0.2, 0.25) is 0 Å². The molecule has 1 N–H and O–H groups in total. The molecule has 0 bridgehead atoms. The van der Waals surface area contributed by atoms with E-state index in [1.165, 1.54) is 16.7 Å². The molecule has 2 rings (SSSR count). The molecule has 1 heterocycles. The van der Waals surface area contributed by atoms with E-state index in [1.54, 1.807) is 30.3 Å². The van der Waals surface area contributed by atoms with E-state index in [0.717, 1.165) is 0 Å². The molecular formula is C14H12NO4S2-. The summed E-state index contributed by atoms with van der Waals surface area (Å²) in [6.07, 6.45) is 1.84. The molecule has 0 radical (unpaired) electrons. The van der Waals surface area contributed by atoms with Gasteiger partial charge >= 0.3 is 0 Å². The van der Waals surface area contributed by atoms with Crippen LogP contribution in [0.4, 0.5) is 0 Å². The zero-order valence-electron chi connectivity index (χ0n) is 10.9. The van der Waals surface area contributed by atoms with Crippen LogP contribution in [0.25, 0.3) is 6.08 Å². The number of phenolic OH excluding ortho intramolecular Hbond substituents is 1. The standard InChI is InChI=1S/C14H13NO4S2/c16-10-4-1-3-9(7-10)8-11-13(19)15(14(20)21-11)6-2-5-12(17)18/h1,3-4,7-8,16H,2,5-6H2,(H,17,18)/p-1/b11-8+. The van der Waals surface area contributed by atoms with Crippen molar-refractivity contribution in [3.05, 3.63) is 34.7 Å². The van der Waals surface area contributed by atoms with Crippen molar-refractivity contribution in [1.82, 2.24) is 4.90 Å². The van der Waals surface area contributed by atoms with Crippen LogP contribution in [0, 0.1) is 0 Å². The van der Waals surface area contributed by atoms with Crippen molar-refractivity contribution in [3.8, 4) is 5.75 Å². The minimum atomic E-state index is -1.14. The molecular weight excluding hydrogens is 310 g/mol. The Balaban J connectivity index is 2.08. The molecule has 1 saturated heterocycles. The average Bonchev–Trinajstić information content (AvgIpc) is 2.66. The van der Waals surface area contributed by atoms with Gasteiger partial charge in [0, 0.05) is 12.5 Å². The van der Waals surface area contributed by atoms with Crippen molar-refractivity contribution >= 4 is 46.3 Å². The minimum Gasteiger partial charge on any atom is -0.550 e. The van der Waals surface area contributed by atoms with Gasteiger partial charge < -0.3 is 15.0 Å².